The van der Waals surface area contributed by atoms with E-state index >= 15 is 0 Å². The Morgan fingerprint density at radius 1 is 0.919 bits per heavy atom. The molecule has 0 bridgehead atoms. The Hall–Kier alpha value is -4.03. The highest BCUT2D eigenvalue weighted by Crippen LogP contribution is 2.31. The van der Waals surface area contributed by atoms with E-state index in [4.69, 9.17) is 9.98 Å². The van der Waals surface area contributed by atoms with Gasteiger partial charge in [0.25, 0.3) is 0 Å². The SMILES string of the molecule is Cc1ccc(-n2c3c/c(=N\C4CCC(O)CC4)c(Nc4ccc(C)nc4)cc-3nc3ccccc32)cc1. The van der Waals surface area contributed by atoms with E-state index in [1.165, 1.54) is 5.56 Å². The molecule has 6 heteroatoms. The van der Waals surface area contributed by atoms with Crippen molar-refractivity contribution in [2.24, 2.45) is 4.99 Å². The Kier molecular flexibility index (Phi) is 6.18. The number of aromatic nitrogens is 3. The highest BCUT2D eigenvalue weighted by Gasteiger charge is 2.20. The van der Waals surface area contributed by atoms with Crippen LogP contribution in [0.4, 0.5) is 11.4 Å². The van der Waals surface area contributed by atoms with Crippen LogP contribution in [-0.2, 0) is 0 Å². The van der Waals surface area contributed by atoms with Crippen LogP contribution in [0.25, 0.3) is 28.1 Å². The molecule has 6 rings (SSSR count). The number of aliphatic hydroxyl groups excluding tert-OH is 1. The Labute approximate surface area is 216 Å². The first kappa shape index (κ1) is 23.4. The number of nitrogens with zero attached hydrogens (tertiary/aromatic N) is 4. The molecule has 1 aromatic heterocycles. The summed E-state index contributed by atoms with van der Waals surface area (Å²) in [5.74, 6) is 0. The van der Waals surface area contributed by atoms with Crippen LogP contribution in [0.3, 0.4) is 0 Å². The van der Waals surface area contributed by atoms with Crippen LogP contribution < -0.4 is 10.7 Å². The maximum atomic E-state index is 10.0. The molecule has 186 valence electrons. The summed E-state index contributed by atoms with van der Waals surface area (Å²) in [6.45, 7) is 4.09. The smallest absolute Gasteiger partial charge is 0.0900 e. The van der Waals surface area contributed by atoms with E-state index in [1.807, 2.05) is 31.3 Å². The highest BCUT2D eigenvalue weighted by molar-refractivity contribution is 5.84. The highest BCUT2D eigenvalue weighted by atomic mass is 16.3. The van der Waals surface area contributed by atoms with Crippen LogP contribution in [-0.4, -0.2) is 31.8 Å². The topological polar surface area (TPSA) is 75.3 Å². The van der Waals surface area contributed by atoms with Crippen LogP contribution in [0.5, 0.6) is 0 Å². The lowest BCUT2D eigenvalue weighted by molar-refractivity contribution is 0.123. The Bertz CT molecular complexity index is 1580. The molecule has 2 N–H and O–H groups in total. The minimum absolute atomic E-state index is 0.179. The third-order valence-corrected chi connectivity index (χ3v) is 7.17. The number of fused-ring (bicyclic) bond motifs is 2. The lowest BCUT2D eigenvalue weighted by Gasteiger charge is -2.23. The zero-order chi connectivity index (χ0) is 25.4. The Balaban J connectivity index is 1.59. The van der Waals surface area contributed by atoms with Crippen molar-refractivity contribution >= 4 is 22.4 Å². The van der Waals surface area contributed by atoms with Crippen LogP contribution >= 0.6 is 0 Å². The van der Waals surface area contributed by atoms with Gasteiger partial charge in [-0.2, -0.15) is 0 Å². The molecule has 0 atom stereocenters. The van der Waals surface area contributed by atoms with Crippen molar-refractivity contribution in [1.29, 1.82) is 0 Å². The molecule has 2 aliphatic carbocycles. The molecule has 0 spiro atoms. The second kappa shape index (κ2) is 9.79. The van der Waals surface area contributed by atoms with Crippen molar-refractivity contribution in [3.63, 3.8) is 0 Å². The zero-order valence-electron chi connectivity index (χ0n) is 21.2. The van der Waals surface area contributed by atoms with Gasteiger partial charge in [-0.3, -0.25) is 9.98 Å². The summed E-state index contributed by atoms with van der Waals surface area (Å²) in [6.07, 6.45) is 5.00. The average molecular weight is 490 g/mol. The number of nitrogens with one attached hydrogen (secondary N) is 1. The minimum atomic E-state index is -0.210. The van der Waals surface area contributed by atoms with Gasteiger partial charge in [0.05, 0.1) is 57.5 Å². The number of anilines is 2. The van der Waals surface area contributed by atoms with Crippen LogP contribution in [0, 0.1) is 13.8 Å². The number of hydrogen-bond donors (Lipinski definition) is 2. The van der Waals surface area contributed by atoms with Gasteiger partial charge < -0.3 is 15.0 Å². The van der Waals surface area contributed by atoms with Gasteiger partial charge in [-0.25, -0.2) is 4.98 Å². The molecule has 37 heavy (non-hydrogen) atoms. The fraction of sp³-hybridized carbons (Fsp3) is 0.258. The molecular formula is C31H31N5O. The summed E-state index contributed by atoms with van der Waals surface area (Å²) in [4.78, 5) is 14.7. The van der Waals surface area contributed by atoms with Crippen LogP contribution in [0.2, 0.25) is 0 Å². The Morgan fingerprint density at radius 3 is 2.46 bits per heavy atom. The molecule has 2 heterocycles. The van der Waals surface area contributed by atoms with Crippen LogP contribution in [0.1, 0.15) is 36.9 Å². The number of para-hydroxylation sites is 2. The summed E-state index contributed by atoms with van der Waals surface area (Å²) in [5, 5.41) is 14.5. The molecule has 1 aliphatic heterocycles. The van der Waals surface area contributed by atoms with Crippen molar-refractivity contribution in [3.05, 3.63) is 95.6 Å². The second-order valence-corrected chi connectivity index (χ2v) is 10.0. The quantitative estimate of drug-likeness (QED) is 0.300. The summed E-state index contributed by atoms with van der Waals surface area (Å²) >= 11 is 0. The molecule has 3 aromatic rings. The third kappa shape index (κ3) is 4.85. The lowest BCUT2D eigenvalue weighted by atomic mass is 9.93. The minimum Gasteiger partial charge on any atom is -0.393 e. The monoisotopic (exact) mass is 489 g/mol. The van der Waals surface area contributed by atoms with E-state index in [0.717, 1.165) is 76.2 Å². The van der Waals surface area contributed by atoms with Crippen molar-refractivity contribution in [3.8, 4) is 17.1 Å². The van der Waals surface area contributed by atoms with Crippen LogP contribution in [0.15, 0.2) is 84.0 Å². The molecule has 1 saturated carbocycles. The van der Waals surface area contributed by atoms with E-state index in [-0.39, 0.29) is 12.1 Å². The van der Waals surface area contributed by atoms with Crippen molar-refractivity contribution < 1.29 is 5.11 Å². The van der Waals surface area contributed by atoms with Gasteiger partial charge in [0.15, 0.2) is 0 Å². The fourth-order valence-corrected chi connectivity index (χ4v) is 5.10. The van der Waals surface area contributed by atoms with Gasteiger partial charge in [0, 0.05) is 11.4 Å². The molecule has 2 aromatic carbocycles. The molecule has 0 saturated heterocycles. The molecular weight excluding hydrogens is 458 g/mol. The maximum absolute atomic E-state index is 10.0. The normalized spacial score (nSPS) is 18.4. The van der Waals surface area contributed by atoms with E-state index in [1.54, 1.807) is 0 Å². The van der Waals surface area contributed by atoms with Gasteiger partial charge in [0.1, 0.15) is 0 Å². The van der Waals surface area contributed by atoms with Crippen molar-refractivity contribution in [1.82, 2.24) is 14.5 Å². The molecule has 6 nitrogen and oxygen atoms in total. The number of benzene rings is 3. The first-order valence-corrected chi connectivity index (χ1v) is 13.0. The summed E-state index contributed by atoms with van der Waals surface area (Å²) in [6, 6.07) is 25.3. The van der Waals surface area contributed by atoms with Gasteiger partial charge in [-0.15, -0.1) is 0 Å². The number of hydrogen-bond acceptors (Lipinski definition) is 5. The van der Waals surface area contributed by atoms with Gasteiger partial charge in [0.2, 0.25) is 0 Å². The van der Waals surface area contributed by atoms with E-state index in [2.05, 4.69) is 76.4 Å². The van der Waals surface area contributed by atoms with Gasteiger partial charge >= 0.3 is 0 Å². The van der Waals surface area contributed by atoms with Crippen molar-refractivity contribution in [2.45, 2.75) is 51.7 Å². The lowest BCUT2D eigenvalue weighted by Crippen LogP contribution is -2.24. The largest absolute Gasteiger partial charge is 0.393 e. The number of rotatable bonds is 4. The molecule has 0 unspecified atom stereocenters. The standard InChI is InChI=1S/C31H31N5O/c1-20-7-13-24(14-8-20)36-30-6-4-3-5-26(30)35-29-17-27(34-23-10-9-21(2)32-19-23)28(18-31(29)36)33-22-11-15-25(37)16-12-22/h3-10,13-14,17-19,22,25,34,37H,11-12,15-16H2,1-2H3/b33-28+. The second-order valence-electron chi connectivity index (χ2n) is 10.0. The Morgan fingerprint density at radius 2 is 1.70 bits per heavy atom. The molecule has 0 amide bonds. The number of pyridine rings is 1. The van der Waals surface area contributed by atoms with Gasteiger partial charge in [-0.1, -0.05) is 29.8 Å². The predicted molar refractivity (Wildman–Crippen MR) is 149 cm³/mol. The third-order valence-electron chi connectivity index (χ3n) is 7.17. The van der Waals surface area contributed by atoms with Gasteiger partial charge in [-0.05, 0) is 88.1 Å². The number of aryl methyl sites for hydroxylation is 2. The summed E-state index contributed by atoms with van der Waals surface area (Å²) in [7, 11) is 0. The first-order chi connectivity index (χ1) is 18.0. The maximum Gasteiger partial charge on any atom is 0.0900 e. The van der Waals surface area contributed by atoms with E-state index in [9.17, 15) is 5.11 Å². The number of aliphatic hydroxyl groups is 1. The van der Waals surface area contributed by atoms with Crippen molar-refractivity contribution in [2.75, 3.05) is 5.32 Å². The molecule has 0 radical (unpaired) electrons. The van der Waals surface area contributed by atoms with E-state index < -0.39 is 0 Å². The molecule has 1 fully saturated rings. The fourth-order valence-electron chi connectivity index (χ4n) is 5.10. The molecule has 3 aliphatic rings. The zero-order valence-corrected chi connectivity index (χ0v) is 21.2. The van der Waals surface area contributed by atoms with E-state index in [0.29, 0.717) is 0 Å². The summed E-state index contributed by atoms with van der Waals surface area (Å²) < 4.78 is 2.28. The predicted octanol–water partition coefficient (Wildman–Crippen LogP) is 6.09. The summed E-state index contributed by atoms with van der Waals surface area (Å²) in [5.41, 5.74) is 8.98. The first-order valence-electron chi connectivity index (χ1n) is 13.0. The average Bonchev–Trinajstić information content (AvgIpc) is 2.91.